The topological polar surface area (TPSA) is 55.5 Å². The van der Waals surface area contributed by atoms with Gasteiger partial charge in [0.25, 0.3) is 0 Å². The summed E-state index contributed by atoms with van der Waals surface area (Å²) in [5, 5.41) is 9.88. The fourth-order valence-electron chi connectivity index (χ4n) is 1.74. The first kappa shape index (κ1) is 17.2. The molecule has 0 amide bonds. The molecule has 0 aromatic heterocycles. The van der Waals surface area contributed by atoms with Crippen LogP contribution in [0.4, 0.5) is 4.39 Å². The van der Waals surface area contributed by atoms with Crippen LogP contribution in [0.1, 0.15) is 31.9 Å². The Morgan fingerprint density at radius 2 is 2.00 bits per heavy atom. The molecule has 3 nitrogen and oxygen atoms in total. The molecule has 2 atom stereocenters. The second kappa shape index (κ2) is 7.56. The van der Waals surface area contributed by atoms with Crippen molar-refractivity contribution >= 4 is 12.4 Å². The summed E-state index contributed by atoms with van der Waals surface area (Å²) in [5.41, 5.74) is 6.47. The Morgan fingerprint density at radius 3 is 2.44 bits per heavy atom. The summed E-state index contributed by atoms with van der Waals surface area (Å²) in [5.74, 6) is 0.0654. The lowest BCUT2D eigenvalue weighted by Crippen LogP contribution is -2.27. The molecule has 0 spiro atoms. The number of aliphatic hydroxyl groups is 1. The number of hydrogen-bond donors (Lipinski definition) is 2. The highest BCUT2D eigenvalue weighted by Crippen LogP contribution is 2.24. The molecule has 5 heteroatoms. The van der Waals surface area contributed by atoms with E-state index in [1.807, 2.05) is 13.8 Å². The van der Waals surface area contributed by atoms with Crippen molar-refractivity contribution in [3.8, 4) is 5.75 Å². The zero-order valence-electron chi connectivity index (χ0n) is 10.9. The maximum atomic E-state index is 13.5. The lowest BCUT2D eigenvalue weighted by molar-refractivity contribution is 0.121. The van der Waals surface area contributed by atoms with E-state index in [1.54, 1.807) is 6.07 Å². The molecule has 0 unspecified atom stereocenters. The fourth-order valence-corrected chi connectivity index (χ4v) is 1.74. The Kier molecular flexibility index (Phi) is 7.21. The monoisotopic (exact) mass is 277 g/mol. The number of benzene rings is 1. The smallest absolute Gasteiger partial charge is 0.165 e. The van der Waals surface area contributed by atoms with Gasteiger partial charge < -0.3 is 15.6 Å². The molecule has 3 N–H and O–H groups in total. The first-order valence-corrected chi connectivity index (χ1v) is 5.72. The van der Waals surface area contributed by atoms with E-state index in [-0.39, 0.29) is 18.2 Å². The van der Waals surface area contributed by atoms with E-state index in [2.05, 4.69) is 0 Å². The third-order valence-electron chi connectivity index (χ3n) is 2.69. The van der Waals surface area contributed by atoms with Gasteiger partial charge in [-0.3, -0.25) is 0 Å². The summed E-state index contributed by atoms with van der Waals surface area (Å²) in [4.78, 5) is 0. The Balaban J connectivity index is 0.00000289. The van der Waals surface area contributed by atoms with Gasteiger partial charge in [0.05, 0.1) is 19.3 Å². The number of aliphatic hydroxyl groups excluding tert-OH is 1. The van der Waals surface area contributed by atoms with Gasteiger partial charge in [-0.1, -0.05) is 19.9 Å². The number of rotatable bonds is 5. The highest BCUT2D eigenvalue weighted by molar-refractivity contribution is 5.85. The summed E-state index contributed by atoms with van der Waals surface area (Å²) < 4.78 is 18.3. The van der Waals surface area contributed by atoms with Crippen molar-refractivity contribution in [1.29, 1.82) is 0 Å². The van der Waals surface area contributed by atoms with Crippen LogP contribution in [0, 0.1) is 11.7 Å². The van der Waals surface area contributed by atoms with Gasteiger partial charge in [-0.2, -0.15) is 0 Å². The van der Waals surface area contributed by atoms with Gasteiger partial charge in [0.2, 0.25) is 0 Å². The summed E-state index contributed by atoms with van der Waals surface area (Å²) in [6, 6.07) is 3.94. The van der Waals surface area contributed by atoms with Crippen molar-refractivity contribution in [3.05, 3.63) is 29.6 Å². The average Bonchev–Trinajstić information content (AvgIpc) is 2.27. The van der Waals surface area contributed by atoms with E-state index >= 15 is 0 Å². The number of nitrogens with two attached hydrogens (primary N) is 1. The summed E-state index contributed by atoms with van der Waals surface area (Å²) in [7, 11) is 1.41. The quantitative estimate of drug-likeness (QED) is 0.870. The van der Waals surface area contributed by atoms with Crippen molar-refractivity contribution in [3.63, 3.8) is 0 Å². The van der Waals surface area contributed by atoms with Crippen molar-refractivity contribution < 1.29 is 14.2 Å². The van der Waals surface area contributed by atoms with E-state index < -0.39 is 18.0 Å². The van der Waals surface area contributed by atoms with Gasteiger partial charge in [-0.25, -0.2) is 4.39 Å². The molecule has 1 aromatic rings. The Morgan fingerprint density at radius 1 is 1.39 bits per heavy atom. The van der Waals surface area contributed by atoms with Crippen LogP contribution in [0.25, 0.3) is 0 Å². The highest BCUT2D eigenvalue weighted by Gasteiger charge is 2.19. The molecule has 0 heterocycles. The number of halogens is 2. The molecular formula is C13H21ClFNO2. The van der Waals surface area contributed by atoms with Gasteiger partial charge in [0, 0.05) is 0 Å². The van der Waals surface area contributed by atoms with Crippen molar-refractivity contribution in [2.24, 2.45) is 11.7 Å². The predicted octanol–water partition coefficient (Wildman–Crippen LogP) is 2.66. The van der Waals surface area contributed by atoms with E-state index in [0.29, 0.717) is 17.9 Å². The lowest BCUT2D eigenvalue weighted by Gasteiger charge is -2.21. The minimum Gasteiger partial charge on any atom is -0.494 e. The summed E-state index contributed by atoms with van der Waals surface area (Å²) in [6.07, 6.45) is -0.0720. The highest BCUT2D eigenvalue weighted by atomic mass is 35.5. The second-order valence-electron chi connectivity index (χ2n) is 4.62. The Hall–Kier alpha value is -0.840. The standard InChI is InChI=1S/C13H20FNO2.ClH/c1-8(2)6-11(16)13(15)9-4-5-12(17-3)10(14)7-9;/h4-5,7-8,11,13,16H,6,15H2,1-3H3;1H/t11-,13+;/m1./s1. The fraction of sp³-hybridized carbons (Fsp3) is 0.538. The Bertz CT molecular complexity index is 374. The third kappa shape index (κ3) is 4.44. The van der Waals surface area contributed by atoms with Crippen molar-refractivity contribution in [2.45, 2.75) is 32.4 Å². The molecule has 18 heavy (non-hydrogen) atoms. The predicted molar refractivity (Wildman–Crippen MR) is 72.6 cm³/mol. The first-order chi connectivity index (χ1) is 7.95. The zero-order valence-corrected chi connectivity index (χ0v) is 11.7. The second-order valence-corrected chi connectivity index (χ2v) is 4.62. The molecule has 0 radical (unpaired) electrons. The molecule has 0 saturated carbocycles. The molecule has 1 aromatic carbocycles. The molecule has 0 saturated heterocycles. The van der Waals surface area contributed by atoms with Crippen molar-refractivity contribution in [2.75, 3.05) is 7.11 Å². The zero-order chi connectivity index (χ0) is 13.0. The van der Waals surface area contributed by atoms with Crippen LogP contribution in [-0.2, 0) is 0 Å². The molecule has 0 aliphatic heterocycles. The van der Waals surface area contributed by atoms with Crippen LogP contribution in [0.5, 0.6) is 5.75 Å². The summed E-state index contributed by atoms with van der Waals surface area (Å²) in [6.45, 7) is 4.01. The van der Waals surface area contributed by atoms with Crippen LogP contribution in [-0.4, -0.2) is 18.3 Å². The van der Waals surface area contributed by atoms with Crippen LogP contribution < -0.4 is 10.5 Å². The number of ether oxygens (including phenoxy) is 1. The van der Waals surface area contributed by atoms with Gasteiger partial charge in [0.1, 0.15) is 0 Å². The van der Waals surface area contributed by atoms with Crippen molar-refractivity contribution in [1.82, 2.24) is 0 Å². The van der Waals surface area contributed by atoms with E-state index in [1.165, 1.54) is 19.2 Å². The van der Waals surface area contributed by atoms with Gasteiger partial charge >= 0.3 is 0 Å². The molecule has 104 valence electrons. The minimum atomic E-state index is -0.664. The van der Waals surface area contributed by atoms with Gasteiger partial charge in [-0.15, -0.1) is 12.4 Å². The van der Waals surface area contributed by atoms with Gasteiger partial charge in [0.15, 0.2) is 11.6 Å². The third-order valence-corrected chi connectivity index (χ3v) is 2.69. The number of methoxy groups -OCH3 is 1. The largest absolute Gasteiger partial charge is 0.494 e. The number of hydrogen-bond acceptors (Lipinski definition) is 3. The molecule has 1 rings (SSSR count). The van der Waals surface area contributed by atoms with Crippen LogP contribution >= 0.6 is 12.4 Å². The maximum Gasteiger partial charge on any atom is 0.165 e. The summed E-state index contributed by atoms with van der Waals surface area (Å²) >= 11 is 0. The maximum absolute atomic E-state index is 13.5. The molecular weight excluding hydrogens is 257 g/mol. The molecule has 0 fully saturated rings. The molecule has 0 aliphatic carbocycles. The Labute approximate surface area is 114 Å². The first-order valence-electron chi connectivity index (χ1n) is 5.72. The van der Waals surface area contributed by atoms with Crippen LogP contribution in [0.3, 0.4) is 0 Å². The molecule has 0 bridgehead atoms. The van der Waals surface area contributed by atoms with E-state index in [0.717, 1.165) is 0 Å². The van der Waals surface area contributed by atoms with E-state index in [9.17, 15) is 9.50 Å². The van der Waals surface area contributed by atoms with Crippen LogP contribution in [0.2, 0.25) is 0 Å². The normalized spacial score (nSPS) is 13.9. The van der Waals surface area contributed by atoms with E-state index in [4.69, 9.17) is 10.5 Å². The van der Waals surface area contributed by atoms with Crippen LogP contribution in [0.15, 0.2) is 18.2 Å². The minimum absolute atomic E-state index is 0. The average molecular weight is 278 g/mol. The lowest BCUT2D eigenvalue weighted by atomic mass is 9.95. The van der Waals surface area contributed by atoms with Gasteiger partial charge in [-0.05, 0) is 30.0 Å². The molecule has 0 aliphatic rings. The SMILES string of the molecule is COc1ccc([C@H](N)[C@H](O)CC(C)C)cc1F.Cl.